The van der Waals surface area contributed by atoms with Crippen LogP contribution < -0.4 is 14.2 Å². The Bertz CT molecular complexity index is 978. The van der Waals surface area contributed by atoms with E-state index in [4.69, 9.17) is 18.9 Å². The molecule has 3 rings (SSSR count). The second-order valence-electron chi connectivity index (χ2n) is 7.15. The number of esters is 1. The van der Waals surface area contributed by atoms with Gasteiger partial charge in [0.1, 0.15) is 11.7 Å². The zero-order valence-electron chi connectivity index (χ0n) is 18.3. The number of ketones is 1. The molecule has 0 aromatic heterocycles. The second-order valence-corrected chi connectivity index (χ2v) is 7.15. The van der Waals surface area contributed by atoms with E-state index in [9.17, 15) is 9.59 Å². The summed E-state index contributed by atoms with van der Waals surface area (Å²) in [6.07, 6.45) is 2.03. The Balaban J connectivity index is 2.07. The zero-order chi connectivity index (χ0) is 22.4. The smallest absolute Gasteiger partial charge is 0.317 e. The summed E-state index contributed by atoms with van der Waals surface area (Å²) in [6.45, 7) is 4.34. The molecule has 0 saturated carbocycles. The van der Waals surface area contributed by atoms with Gasteiger partial charge in [0.25, 0.3) is 0 Å². The molecule has 0 saturated heterocycles. The third-order valence-corrected chi connectivity index (χ3v) is 5.38. The van der Waals surface area contributed by atoms with Gasteiger partial charge in [-0.1, -0.05) is 24.3 Å². The number of allylic oxidation sites excluding steroid dienone is 2. The number of para-hydroxylation sites is 1. The summed E-state index contributed by atoms with van der Waals surface area (Å²) < 4.78 is 21.8. The maximum Gasteiger partial charge on any atom is 0.317 e. The van der Waals surface area contributed by atoms with Gasteiger partial charge >= 0.3 is 5.97 Å². The average molecular weight is 424 g/mol. The summed E-state index contributed by atoms with van der Waals surface area (Å²) in [4.78, 5) is 25.9. The molecule has 0 N–H and O–H groups in total. The molecule has 0 heterocycles. The molecule has 1 aliphatic carbocycles. The van der Waals surface area contributed by atoms with Crippen LogP contribution in [0.3, 0.4) is 0 Å². The zero-order valence-corrected chi connectivity index (χ0v) is 18.3. The highest BCUT2D eigenvalue weighted by molar-refractivity contribution is 6.10. The quantitative estimate of drug-likeness (QED) is 0.461. The molecule has 2 aromatic rings. The van der Waals surface area contributed by atoms with Crippen LogP contribution in [0.4, 0.5) is 0 Å². The fraction of sp³-hybridized carbons (Fsp3) is 0.360. The normalized spacial score (nSPS) is 18.2. The number of rotatable bonds is 8. The van der Waals surface area contributed by atoms with Crippen molar-refractivity contribution in [1.82, 2.24) is 0 Å². The Morgan fingerprint density at radius 3 is 2.39 bits per heavy atom. The largest absolute Gasteiger partial charge is 0.494 e. The first kappa shape index (κ1) is 22.4. The van der Waals surface area contributed by atoms with Crippen molar-refractivity contribution >= 4 is 17.3 Å². The standard InChI is InChI=1S/C25H28O6/c1-5-30-21-10-8-7-9-18(21)19-13-17(14-20(26)24(19)25(27)31-6-2)16-11-12-22(28-3)23(15-16)29-4/h7-12,14-15,19,24H,5-6,13H2,1-4H3/t19-,24+/m0/s1. The number of hydrogen-bond donors (Lipinski definition) is 0. The third-order valence-electron chi connectivity index (χ3n) is 5.38. The van der Waals surface area contributed by atoms with E-state index in [0.717, 1.165) is 16.7 Å². The van der Waals surface area contributed by atoms with Crippen LogP contribution in [0.25, 0.3) is 5.57 Å². The molecule has 1 aliphatic rings. The van der Waals surface area contributed by atoms with Crippen molar-refractivity contribution in [3.63, 3.8) is 0 Å². The van der Waals surface area contributed by atoms with E-state index >= 15 is 0 Å². The summed E-state index contributed by atoms with van der Waals surface area (Å²) >= 11 is 0. The number of hydrogen-bond acceptors (Lipinski definition) is 6. The van der Waals surface area contributed by atoms with Crippen molar-refractivity contribution in [2.75, 3.05) is 27.4 Å². The minimum atomic E-state index is -0.912. The minimum absolute atomic E-state index is 0.217. The Labute approximate surface area is 182 Å². The number of benzene rings is 2. The highest BCUT2D eigenvalue weighted by Gasteiger charge is 2.41. The molecule has 6 heteroatoms. The van der Waals surface area contributed by atoms with Crippen LogP contribution in [0.1, 0.15) is 37.3 Å². The lowest BCUT2D eigenvalue weighted by Crippen LogP contribution is -2.34. The molecule has 164 valence electrons. The Kier molecular flexibility index (Phi) is 7.34. The van der Waals surface area contributed by atoms with E-state index in [2.05, 4.69) is 0 Å². The number of ether oxygens (including phenoxy) is 4. The third kappa shape index (κ3) is 4.74. The van der Waals surface area contributed by atoms with Gasteiger partial charge in [0.2, 0.25) is 0 Å². The predicted octanol–water partition coefficient (Wildman–Crippen LogP) is 4.42. The maximum absolute atomic E-state index is 13.2. The van der Waals surface area contributed by atoms with Crippen LogP contribution in [0.2, 0.25) is 0 Å². The Morgan fingerprint density at radius 1 is 0.968 bits per heavy atom. The molecule has 0 bridgehead atoms. The predicted molar refractivity (Wildman–Crippen MR) is 118 cm³/mol. The molecular formula is C25H28O6. The van der Waals surface area contributed by atoms with Crippen LogP contribution >= 0.6 is 0 Å². The first-order valence-electron chi connectivity index (χ1n) is 10.4. The van der Waals surface area contributed by atoms with Crippen LogP contribution in [0, 0.1) is 5.92 Å². The van der Waals surface area contributed by atoms with E-state index < -0.39 is 17.8 Å². The highest BCUT2D eigenvalue weighted by atomic mass is 16.5. The van der Waals surface area contributed by atoms with Gasteiger partial charge in [-0.15, -0.1) is 0 Å². The average Bonchev–Trinajstić information content (AvgIpc) is 2.78. The molecule has 6 nitrogen and oxygen atoms in total. The minimum Gasteiger partial charge on any atom is -0.494 e. The topological polar surface area (TPSA) is 71.1 Å². The van der Waals surface area contributed by atoms with E-state index in [1.54, 1.807) is 33.3 Å². The molecule has 0 radical (unpaired) electrons. The summed E-state index contributed by atoms with van der Waals surface area (Å²) in [5.74, 6) is -0.237. The van der Waals surface area contributed by atoms with Gasteiger partial charge in [0, 0.05) is 5.92 Å². The Hall–Kier alpha value is -3.28. The van der Waals surface area contributed by atoms with Crippen molar-refractivity contribution in [1.29, 1.82) is 0 Å². The molecule has 0 spiro atoms. The summed E-state index contributed by atoms with van der Waals surface area (Å²) in [7, 11) is 3.14. The van der Waals surface area contributed by atoms with Gasteiger partial charge in [-0.25, -0.2) is 0 Å². The lowest BCUT2D eigenvalue weighted by atomic mass is 9.73. The molecular weight excluding hydrogens is 396 g/mol. The summed E-state index contributed by atoms with van der Waals surface area (Å²) in [5, 5.41) is 0. The molecule has 0 fully saturated rings. The SMILES string of the molecule is CCOC(=O)[C@H]1C(=O)C=C(c2ccc(OC)c(OC)c2)C[C@H]1c1ccccc1OCC. The van der Waals surface area contributed by atoms with E-state index in [1.165, 1.54) is 0 Å². The molecule has 2 atom stereocenters. The molecule has 2 aromatic carbocycles. The van der Waals surface area contributed by atoms with Crippen molar-refractivity contribution in [3.8, 4) is 17.2 Å². The fourth-order valence-electron chi connectivity index (χ4n) is 3.99. The molecule has 0 aliphatic heterocycles. The van der Waals surface area contributed by atoms with Gasteiger partial charge in [-0.3, -0.25) is 9.59 Å². The van der Waals surface area contributed by atoms with Crippen molar-refractivity contribution in [2.24, 2.45) is 5.92 Å². The van der Waals surface area contributed by atoms with E-state index in [0.29, 0.717) is 30.3 Å². The summed E-state index contributed by atoms with van der Waals surface area (Å²) in [6, 6.07) is 13.1. The first-order valence-corrected chi connectivity index (χ1v) is 10.4. The van der Waals surface area contributed by atoms with Crippen LogP contribution in [0.5, 0.6) is 17.2 Å². The molecule has 0 amide bonds. The van der Waals surface area contributed by atoms with Gasteiger partial charge < -0.3 is 18.9 Å². The van der Waals surface area contributed by atoms with Gasteiger partial charge in [0.05, 0.1) is 27.4 Å². The number of carbonyl (C=O) groups is 2. The molecule has 31 heavy (non-hydrogen) atoms. The van der Waals surface area contributed by atoms with Gasteiger partial charge in [-0.2, -0.15) is 0 Å². The van der Waals surface area contributed by atoms with Crippen LogP contribution in [0.15, 0.2) is 48.5 Å². The van der Waals surface area contributed by atoms with E-state index in [1.807, 2.05) is 43.3 Å². The maximum atomic E-state index is 13.2. The lowest BCUT2D eigenvalue weighted by molar-refractivity contribution is -0.151. The lowest BCUT2D eigenvalue weighted by Gasteiger charge is -2.30. The fourth-order valence-corrected chi connectivity index (χ4v) is 3.99. The number of carbonyl (C=O) groups excluding carboxylic acids is 2. The van der Waals surface area contributed by atoms with Gasteiger partial charge in [0.15, 0.2) is 17.3 Å². The van der Waals surface area contributed by atoms with Crippen LogP contribution in [-0.2, 0) is 14.3 Å². The highest BCUT2D eigenvalue weighted by Crippen LogP contribution is 2.44. The monoisotopic (exact) mass is 424 g/mol. The van der Waals surface area contributed by atoms with Crippen molar-refractivity contribution < 1.29 is 28.5 Å². The van der Waals surface area contributed by atoms with Gasteiger partial charge in [-0.05, 0) is 61.2 Å². The van der Waals surface area contributed by atoms with Crippen LogP contribution in [-0.4, -0.2) is 39.2 Å². The van der Waals surface area contributed by atoms with Crippen molar-refractivity contribution in [3.05, 3.63) is 59.7 Å². The first-order chi connectivity index (χ1) is 15.0. The summed E-state index contributed by atoms with van der Waals surface area (Å²) in [5.41, 5.74) is 2.48. The number of methoxy groups -OCH3 is 2. The van der Waals surface area contributed by atoms with Crippen molar-refractivity contribution in [2.45, 2.75) is 26.2 Å². The van der Waals surface area contributed by atoms with E-state index in [-0.39, 0.29) is 12.4 Å². The molecule has 0 unspecified atom stereocenters. The second kappa shape index (κ2) is 10.2. The Morgan fingerprint density at radius 2 is 1.71 bits per heavy atom.